The van der Waals surface area contributed by atoms with E-state index in [0.717, 1.165) is 38.8 Å². The summed E-state index contributed by atoms with van der Waals surface area (Å²) in [6, 6.07) is 1.65. The number of hydrogen-bond donors (Lipinski definition) is 3. The highest BCUT2D eigenvalue weighted by atomic mass is 16.4. The monoisotopic (exact) mass is 364 g/mol. The van der Waals surface area contributed by atoms with Crippen LogP contribution in [0.4, 0.5) is 0 Å². The summed E-state index contributed by atoms with van der Waals surface area (Å²) < 4.78 is 0. The molecule has 2 saturated heterocycles. The van der Waals surface area contributed by atoms with Gasteiger partial charge in [-0.3, -0.25) is 14.4 Å². The van der Waals surface area contributed by atoms with Crippen molar-refractivity contribution in [3.8, 4) is 6.07 Å². The van der Waals surface area contributed by atoms with Crippen LogP contribution in [0, 0.1) is 29.1 Å². The maximum absolute atomic E-state index is 12.5. The minimum absolute atomic E-state index is 0.0986. The number of likely N-dealkylation sites (tertiary alicyclic amines) is 1. The molecular weight excluding hydrogens is 336 g/mol. The molecule has 2 rings (SSSR count). The molecule has 0 unspecified atom stereocenters. The second-order valence-corrected chi connectivity index (χ2v) is 7.18. The minimum Gasteiger partial charge on any atom is -0.480 e. The number of carboxylic acid groups (broad SMARTS) is 1. The van der Waals surface area contributed by atoms with Crippen molar-refractivity contribution in [3.63, 3.8) is 0 Å². The quantitative estimate of drug-likeness (QED) is 0.599. The first kappa shape index (κ1) is 20.2. The molecule has 8 nitrogen and oxygen atoms in total. The second kappa shape index (κ2) is 10.1. The van der Waals surface area contributed by atoms with Crippen LogP contribution in [0.15, 0.2) is 0 Å². The average Bonchev–Trinajstić information content (AvgIpc) is 2.67. The molecule has 3 N–H and O–H groups in total. The molecule has 8 heteroatoms. The molecular formula is C18H28N4O4. The third-order valence-corrected chi connectivity index (χ3v) is 5.30. The fourth-order valence-corrected chi connectivity index (χ4v) is 3.61. The van der Waals surface area contributed by atoms with Gasteiger partial charge in [-0.25, -0.2) is 0 Å². The molecule has 0 saturated carbocycles. The van der Waals surface area contributed by atoms with Gasteiger partial charge in [0, 0.05) is 26.1 Å². The SMILES string of the molecule is N#C[C@H](CNC(=O)[C@@H]1CCCN(C(=O)CCC2CCNCC2)C1)C(=O)O. The third kappa shape index (κ3) is 5.99. The fourth-order valence-electron chi connectivity index (χ4n) is 3.61. The maximum atomic E-state index is 12.5. The number of carbonyl (C=O) groups excluding carboxylic acids is 2. The van der Waals surface area contributed by atoms with Gasteiger partial charge in [-0.15, -0.1) is 0 Å². The highest BCUT2D eigenvalue weighted by Gasteiger charge is 2.29. The normalized spacial score (nSPS) is 22.3. The van der Waals surface area contributed by atoms with E-state index in [9.17, 15) is 14.4 Å². The summed E-state index contributed by atoms with van der Waals surface area (Å²) in [4.78, 5) is 37.3. The first-order valence-corrected chi connectivity index (χ1v) is 9.40. The van der Waals surface area contributed by atoms with Gasteiger partial charge in [0.1, 0.15) is 0 Å². The van der Waals surface area contributed by atoms with E-state index in [4.69, 9.17) is 10.4 Å². The molecule has 26 heavy (non-hydrogen) atoms. The number of rotatable bonds is 7. The van der Waals surface area contributed by atoms with Crippen molar-refractivity contribution in [3.05, 3.63) is 0 Å². The van der Waals surface area contributed by atoms with E-state index in [0.29, 0.717) is 31.8 Å². The molecule has 0 aromatic heterocycles. The third-order valence-electron chi connectivity index (χ3n) is 5.30. The van der Waals surface area contributed by atoms with Crippen molar-refractivity contribution in [2.45, 2.75) is 38.5 Å². The Labute approximate surface area is 153 Å². The zero-order chi connectivity index (χ0) is 18.9. The Morgan fingerprint density at radius 3 is 2.65 bits per heavy atom. The van der Waals surface area contributed by atoms with Crippen LogP contribution in [0.3, 0.4) is 0 Å². The zero-order valence-electron chi connectivity index (χ0n) is 15.1. The molecule has 2 amide bonds. The molecule has 2 heterocycles. The van der Waals surface area contributed by atoms with Gasteiger partial charge in [-0.2, -0.15) is 5.26 Å². The van der Waals surface area contributed by atoms with Gasteiger partial charge in [0.15, 0.2) is 5.92 Å². The first-order valence-electron chi connectivity index (χ1n) is 9.40. The number of aliphatic carboxylic acids is 1. The van der Waals surface area contributed by atoms with E-state index in [1.54, 1.807) is 11.0 Å². The Balaban J connectivity index is 1.76. The largest absolute Gasteiger partial charge is 0.480 e. The molecule has 144 valence electrons. The summed E-state index contributed by atoms with van der Waals surface area (Å²) >= 11 is 0. The maximum Gasteiger partial charge on any atom is 0.322 e. The molecule has 2 aliphatic rings. The van der Waals surface area contributed by atoms with Gasteiger partial charge in [0.25, 0.3) is 0 Å². The number of piperidine rings is 2. The smallest absolute Gasteiger partial charge is 0.322 e. The topological polar surface area (TPSA) is 123 Å². The summed E-state index contributed by atoms with van der Waals surface area (Å²) in [6.45, 7) is 2.88. The summed E-state index contributed by atoms with van der Waals surface area (Å²) in [6.07, 6.45) is 5.08. The van der Waals surface area contributed by atoms with Crippen molar-refractivity contribution < 1.29 is 19.5 Å². The number of amides is 2. The van der Waals surface area contributed by atoms with E-state index in [1.165, 1.54) is 0 Å². The van der Waals surface area contributed by atoms with Crippen LogP contribution in [0.1, 0.15) is 38.5 Å². The van der Waals surface area contributed by atoms with E-state index in [2.05, 4.69) is 10.6 Å². The van der Waals surface area contributed by atoms with Crippen LogP contribution in [-0.2, 0) is 14.4 Å². The lowest BCUT2D eigenvalue weighted by Crippen LogP contribution is -2.46. The summed E-state index contributed by atoms with van der Waals surface area (Å²) in [5, 5.41) is 23.5. The highest BCUT2D eigenvalue weighted by molar-refractivity contribution is 5.82. The van der Waals surface area contributed by atoms with Crippen LogP contribution in [-0.4, -0.2) is 60.5 Å². The number of carboxylic acids is 1. The van der Waals surface area contributed by atoms with E-state index in [1.807, 2.05) is 0 Å². The van der Waals surface area contributed by atoms with Crippen molar-refractivity contribution in [1.29, 1.82) is 5.26 Å². The number of carbonyl (C=O) groups is 3. The summed E-state index contributed by atoms with van der Waals surface area (Å²) in [7, 11) is 0. The van der Waals surface area contributed by atoms with Crippen LogP contribution < -0.4 is 10.6 Å². The fraction of sp³-hybridized carbons (Fsp3) is 0.778. The van der Waals surface area contributed by atoms with Crippen molar-refractivity contribution in [2.24, 2.45) is 17.8 Å². The van der Waals surface area contributed by atoms with Gasteiger partial charge in [-0.1, -0.05) is 0 Å². The zero-order valence-corrected chi connectivity index (χ0v) is 15.1. The van der Waals surface area contributed by atoms with E-state index >= 15 is 0 Å². The van der Waals surface area contributed by atoms with Crippen LogP contribution in [0.25, 0.3) is 0 Å². The second-order valence-electron chi connectivity index (χ2n) is 7.18. The standard InChI is InChI=1S/C18H28N4O4/c19-10-15(18(25)26)11-21-17(24)14-2-1-9-22(12-14)16(23)4-3-13-5-7-20-8-6-13/h13-15,20H,1-9,11-12H2,(H,21,24)(H,25,26)/t14-,15-/m1/s1. The number of nitriles is 1. The lowest BCUT2D eigenvalue weighted by molar-refractivity contribution is -0.139. The Bertz CT molecular complexity index is 554. The lowest BCUT2D eigenvalue weighted by atomic mass is 9.92. The number of hydrogen-bond acceptors (Lipinski definition) is 5. The van der Waals surface area contributed by atoms with E-state index < -0.39 is 11.9 Å². The van der Waals surface area contributed by atoms with Crippen LogP contribution in [0.2, 0.25) is 0 Å². The van der Waals surface area contributed by atoms with Gasteiger partial charge in [0.2, 0.25) is 11.8 Å². The Kier molecular flexibility index (Phi) is 7.85. The van der Waals surface area contributed by atoms with Crippen molar-refractivity contribution >= 4 is 17.8 Å². The predicted octanol–water partition coefficient (Wildman–Crippen LogP) is 0.345. The summed E-state index contributed by atoms with van der Waals surface area (Å²) in [5.41, 5.74) is 0. The molecule has 0 bridgehead atoms. The highest BCUT2D eigenvalue weighted by Crippen LogP contribution is 2.21. The average molecular weight is 364 g/mol. The Morgan fingerprint density at radius 2 is 2.00 bits per heavy atom. The first-order chi connectivity index (χ1) is 12.5. The van der Waals surface area contributed by atoms with Gasteiger partial charge >= 0.3 is 5.97 Å². The molecule has 2 atom stereocenters. The molecule has 2 fully saturated rings. The van der Waals surface area contributed by atoms with E-state index in [-0.39, 0.29) is 24.3 Å². The predicted molar refractivity (Wildman–Crippen MR) is 93.9 cm³/mol. The van der Waals surface area contributed by atoms with Crippen LogP contribution >= 0.6 is 0 Å². The van der Waals surface area contributed by atoms with Gasteiger partial charge in [0.05, 0.1) is 12.0 Å². The van der Waals surface area contributed by atoms with Crippen molar-refractivity contribution in [1.82, 2.24) is 15.5 Å². The van der Waals surface area contributed by atoms with Gasteiger partial charge in [-0.05, 0) is 51.1 Å². The molecule has 0 aliphatic carbocycles. The molecule has 0 radical (unpaired) electrons. The van der Waals surface area contributed by atoms with Crippen LogP contribution in [0.5, 0.6) is 0 Å². The molecule has 0 aromatic carbocycles. The summed E-state index contributed by atoms with van der Waals surface area (Å²) in [5.74, 6) is -2.40. The number of nitrogens with one attached hydrogen (secondary N) is 2. The Hall–Kier alpha value is -2.14. The Morgan fingerprint density at radius 1 is 1.27 bits per heavy atom. The molecule has 0 aromatic rings. The van der Waals surface area contributed by atoms with Gasteiger partial charge < -0.3 is 20.6 Å². The lowest BCUT2D eigenvalue weighted by Gasteiger charge is -2.32. The number of nitrogens with zero attached hydrogens (tertiary/aromatic N) is 2. The van der Waals surface area contributed by atoms with Crippen molar-refractivity contribution in [2.75, 3.05) is 32.7 Å². The minimum atomic E-state index is -1.25. The molecule has 0 spiro atoms. The molecule has 2 aliphatic heterocycles.